The molecule has 0 atom stereocenters. The van der Waals surface area contributed by atoms with Crippen molar-refractivity contribution in [2.24, 2.45) is 16.2 Å². The molecule has 85 heavy (non-hydrogen) atoms. The van der Waals surface area contributed by atoms with E-state index in [-0.39, 0.29) is 29.4 Å². The van der Waals surface area contributed by atoms with Gasteiger partial charge < -0.3 is 41.3 Å². The van der Waals surface area contributed by atoms with Crippen LogP contribution in [0, 0.1) is 16.2 Å². The molecule has 0 unspecified atom stereocenters. The zero-order valence-electron chi connectivity index (χ0n) is 48.9. The van der Waals surface area contributed by atoms with Crippen LogP contribution < -0.4 is 31.3 Å². The van der Waals surface area contributed by atoms with E-state index in [0.717, 1.165) is 0 Å². The van der Waals surface area contributed by atoms with E-state index in [2.05, 4.69) is 49.2 Å². The van der Waals surface area contributed by atoms with Crippen molar-refractivity contribution in [1.82, 2.24) is 19.9 Å². The fraction of sp³-hybridized carbons (Fsp3) is 0.203. The van der Waals surface area contributed by atoms with Gasteiger partial charge in [-0.1, -0.05) is 135 Å². The first kappa shape index (κ1) is 58.4. The van der Waals surface area contributed by atoms with Crippen LogP contribution in [-0.4, -0.2) is 56.1 Å². The summed E-state index contributed by atoms with van der Waals surface area (Å²) in [7, 11) is 0. The lowest BCUT2D eigenvalue weighted by atomic mass is 9.94. The minimum atomic E-state index is -0.729. The summed E-state index contributed by atoms with van der Waals surface area (Å²) >= 11 is 4.56. The maximum Gasteiger partial charge on any atom is 0.262 e. The van der Waals surface area contributed by atoms with E-state index in [1.54, 1.807) is 42.5 Å². The van der Waals surface area contributed by atoms with Crippen LogP contribution in [-0.2, 0) is 24.9 Å². The van der Waals surface area contributed by atoms with Gasteiger partial charge >= 0.3 is 0 Å². The summed E-state index contributed by atoms with van der Waals surface area (Å²) in [4.78, 5) is 87.2. The number of aromatic nitrogens is 4. The average Bonchev–Trinajstić information content (AvgIpc) is 4.47. The van der Waals surface area contributed by atoms with Crippen LogP contribution >= 0.6 is 12.6 Å². The second-order valence-corrected chi connectivity index (χ2v) is 24.2. The molecular formula is C69H67N9O6S. The summed E-state index contributed by atoms with van der Waals surface area (Å²) in [5.41, 5.74) is 9.82. The second-order valence-electron chi connectivity index (χ2n) is 23.9. The van der Waals surface area contributed by atoms with Gasteiger partial charge in [-0.25, -0.2) is 9.97 Å². The third-order valence-corrected chi connectivity index (χ3v) is 14.6. The predicted molar refractivity (Wildman–Crippen MR) is 347 cm³/mol. The van der Waals surface area contributed by atoms with Crippen molar-refractivity contribution < 1.29 is 28.7 Å². The highest BCUT2D eigenvalue weighted by Gasteiger charge is 2.28. The molecule has 430 valence electrons. The number of para-hydroxylation sites is 3. The summed E-state index contributed by atoms with van der Waals surface area (Å²) in [5, 5.41) is 15.6. The average molecular weight is 1150 g/mol. The lowest BCUT2D eigenvalue weighted by molar-refractivity contribution is -0.123. The largest absolute Gasteiger partial charge is 0.483 e. The van der Waals surface area contributed by atoms with E-state index in [9.17, 15) is 24.0 Å². The van der Waals surface area contributed by atoms with Gasteiger partial charge in [0.05, 0.1) is 34.0 Å². The molecule has 2 aliphatic rings. The summed E-state index contributed by atoms with van der Waals surface area (Å²) in [6.45, 7) is 16.3. The molecule has 7 N–H and O–H groups in total. The molecule has 0 saturated heterocycles. The Morgan fingerprint density at radius 2 is 0.859 bits per heavy atom. The van der Waals surface area contributed by atoms with Crippen molar-refractivity contribution in [3.63, 3.8) is 0 Å². The molecule has 0 spiro atoms. The lowest BCUT2D eigenvalue weighted by Gasteiger charge is -2.20. The van der Waals surface area contributed by atoms with Crippen LogP contribution in [0.3, 0.4) is 0 Å². The Labute approximate surface area is 499 Å². The topological polar surface area (TPSA) is 212 Å². The second kappa shape index (κ2) is 23.8. The molecule has 15 nitrogen and oxygen atoms in total. The SMILES string of the molecule is CC(C)(C)C(=O)Nc1ccccc1-c1c2nc(c(-c3ccccc3NC(=O)C(C)(C)C)c3ccc([nH]3)c(-c3ccccc3NC(=O)C(C)(C)C)c3nc(c(NC(=O)COc4ccc(NC(=O)c5ccccc5)cc4CS)c4ccc1[nH]4)C=C3)C=C2. The molecule has 16 heteroatoms. The molecule has 5 aromatic carbocycles. The van der Waals surface area contributed by atoms with Gasteiger partial charge in [0.2, 0.25) is 17.7 Å². The molecule has 10 rings (SSSR count). The van der Waals surface area contributed by atoms with Crippen molar-refractivity contribution in [2.75, 3.05) is 33.2 Å². The molecule has 3 aromatic heterocycles. The van der Waals surface area contributed by atoms with Gasteiger partial charge in [-0.05, 0) is 97.1 Å². The molecule has 0 radical (unpaired) electrons. The number of aromatic amines is 2. The Bertz CT molecular complexity index is 4140. The van der Waals surface area contributed by atoms with E-state index in [4.69, 9.17) is 14.7 Å². The van der Waals surface area contributed by atoms with Crippen LogP contribution in [0.2, 0.25) is 0 Å². The Hall–Kier alpha value is -9.80. The Morgan fingerprint density at radius 3 is 1.31 bits per heavy atom. The fourth-order valence-corrected chi connectivity index (χ4v) is 9.83. The molecule has 5 heterocycles. The van der Waals surface area contributed by atoms with Gasteiger partial charge in [-0.3, -0.25) is 24.0 Å². The Kier molecular flexibility index (Phi) is 16.4. The first-order valence-corrected chi connectivity index (χ1v) is 28.6. The highest BCUT2D eigenvalue weighted by atomic mass is 32.1. The first-order valence-electron chi connectivity index (χ1n) is 28.0. The number of hydrogen-bond donors (Lipinski definition) is 8. The first-order chi connectivity index (χ1) is 40.5. The summed E-state index contributed by atoms with van der Waals surface area (Å²) in [5.74, 6) is -0.675. The molecule has 5 amide bonds. The number of amides is 5. The number of hydrogen-bond acceptors (Lipinski definition) is 9. The summed E-state index contributed by atoms with van der Waals surface area (Å²) in [6.07, 6.45) is 7.55. The summed E-state index contributed by atoms with van der Waals surface area (Å²) in [6, 6.07) is 44.4. The number of thiol groups is 1. The lowest BCUT2D eigenvalue weighted by Crippen LogP contribution is -2.27. The van der Waals surface area contributed by atoms with E-state index in [1.165, 1.54) is 0 Å². The van der Waals surface area contributed by atoms with Crippen LogP contribution in [0.1, 0.15) is 101 Å². The van der Waals surface area contributed by atoms with Crippen LogP contribution in [0.4, 0.5) is 28.4 Å². The van der Waals surface area contributed by atoms with Crippen LogP contribution in [0.15, 0.2) is 146 Å². The zero-order valence-corrected chi connectivity index (χ0v) is 49.8. The number of carbonyl (C=O) groups is 5. The number of anilines is 5. The van der Waals surface area contributed by atoms with Crippen molar-refractivity contribution in [3.05, 3.63) is 179 Å². The number of fused-ring (bicyclic) bond motifs is 8. The number of nitrogens with zero attached hydrogens (tertiary/aromatic N) is 2. The summed E-state index contributed by atoms with van der Waals surface area (Å²) < 4.78 is 6.21. The van der Waals surface area contributed by atoms with E-state index in [1.807, 2.05) is 190 Å². The van der Waals surface area contributed by atoms with Gasteiger partial charge in [-0.2, -0.15) is 12.6 Å². The van der Waals surface area contributed by atoms with Gasteiger partial charge in [0.1, 0.15) is 5.75 Å². The van der Waals surface area contributed by atoms with Crippen molar-refractivity contribution in [3.8, 4) is 39.1 Å². The number of carbonyl (C=O) groups excluding carboxylic acids is 5. The molecule has 2 aliphatic heterocycles. The van der Waals surface area contributed by atoms with Gasteiger partial charge in [0.15, 0.2) is 6.61 Å². The third-order valence-electron chi connectivity index (χ3n) is 14.3. The number of rotatable bonds is 13. The van der Waals surface area contributed by atoms with E-state index in [0.29, 0.717) is 124 Å². The Balaban J connectivity index is 1.21. The number of H-pyrrole nitrogens is 2. The normalized spacial score (nSPS) is 12.1. The predicted octanol–water partition coefficient (Wildman–Crippen LogP) is 15.3. The van der Waals surface area contributed by atoms with Gasteiger partial charge in [-0.15, -0.1) is 0 Å². The Morgan fingerprint density at radius 1 is 0.459 bits per heavy atom. The van der Waals surface area contributed by atoms with E-state index >= 15 is 0 Å². The van der Waals surface area contributed by atoms with Gasteiger partial charge in [0, 0.05) is 106 Å². The monoisotopic (exact) mass is 1150 g/mol. The standard InChI is InChI=1S/C69H67N9O6S/c1-67(2,3)64(81)75-46-24-16-13-21-43(46)59-49-28-30-51(71-49)60(44-22-14-17-25-47(44)76-65(82)68(4,5)6)53-32-34-55(73-53)62(78-58(79)38-84-57-36-27-42(37-41(57)39-85)70-63(80)40-19-11-10-12-20-40)56-35-33-54(74-56)61(52-31-29-50(59)72-52)45-23-15-18-26-48(45)77-66(83)69(7,8)9/h10-37,71,74,85H,38-39H2,1-9H3,(H,70,80)(H,75,81)(H,76,82)(H,77,83)(H,78,79). The molecule has 0 aliphatic carbocycles. The highest BCUT2D eigenvalue weighted by molar-refractivity contribution is 7.79. The van der Waals surface area contributed by atoms with Crippen molar-refractivity contribution >= 4 is 117 Å². The maximum absolute atomic E-state index is 14.5. The fourth-order valence-electron chi connectivity index (χ4n) is 9.58. The number of benzene rings is 5. The van der Waals surface area contributed by atoms with Crippen molar-refractivity contribution in [2.45, 2.75) is 68.1 Å². The van der Waals surface area contributed by atoms with Crippen molar-refractivity contribution in [1.29, 1.82) is 0 Å². The molecule has 0 saturated carbocycles. The van der Waals surface area contributed by atoms with E-state index < -0.39 is 28.8 Å². The number of ether oxygens (including phenoxy) is 1. The molecule has 8 bridgehead atoms. The van der Waals surface area contributed by atoms with Gasteiger partial charge in [0.25, 0.3) is 11.8 Å². The molecular weight excluding hydrogens is 1080 g/mol. The minimum Gasteiger partial charge on any atom is -0.483 e. The zero-order chi connectivity index (χ0) is 60.4. The highest BCUT2D eigenvalue weighted by Crippen LogP contribution is 2.42. The smallest absolute Gasteiger partial charge is 0.262 e. The molecule has 0 fully saturated rings. The third kappa shape index (κ3) is 12.9. The number of nitrogens with one attached hydrogen (secondary N) is 7. The maximum atomic E-state index is 14.5. The minimum absolute atomic E-state index is 0.174. The van der Waals surface area contributed by atoms with Crippen LogP contribution in [0.25, 0.3) is 79.8 Å². The quantitative estimate of drug-likeness (QED) is 0.0519. The van der Waals surface area contributed by atoms with Crippen LogP contribution in [0.5, 0.6) is 5.75 Å². The molecule has 8 aromatic rings.